The maximum Gasteiger partial charge on any atom is 0.0502 e. The molecule has 0 saturated carbocycles. The van der Waals surface area contributed by atoms with E-state index in [0.29, 0.717) is 0 Å². The van der Waals surface area contributed by atoms with E-state index in [1.807, 2.05) is 24.0 Å². The Morgan fingerprint density at radius 1 is 1.50 bits per heavy atom. The van der Waals surface area contributed by atoms with Crippen LogP contribution in [-0.4, -0.2) is 23.3 Å². The molecule has 0 unspecified atom stereocenters. The monoisotopic (exact) mass is 208 g/mol. The molecule has 76 valence electrons. The average Bonchev–Trinajstić information content (AvgIpc) is 2.29. The van der Waals surface area contributed by atoms with Crippen LogP contribution in [0, 0.1) is 0 Å². The molecule has 0 aliphatic carbocycles. The second-order valence-electron chi connectivity index (χ2n) is 3.60. The van der Waals surface area contributed by atoms with Gasteiger partial charge in [-0.15, -0.1) is 0 Å². The summed E-state index contributed by atoms with van der Waals surface area (Å²) in [7, 11) is 0. The minimum absolute atomic E-state index is 0.783. The van der Waals surface area contributed by atoms with Gasteiger partial charge in [0.15, 0.2) is 0 Å². The number of pyridine rings is 1. The molecule has 14 heavy (non-hydrogen) atoms. The van der Waals surface area contributed by atoms with E-state index in [4.69, 9.17) is 0 Å². The summed E-state index contributed by atoms with van der Waals surface area (Å²) in [4.78, 5) is 4.32. The minimum atomic E-state index is 0.783. The summed E-state index contributed by atoms with van der Waals surface area (Å²) in [6.45, 7) is 2.36. The summed E-state index contributed by atoms with van der Waals surface area (Å²) in [5.41, 5.74) is 1.20. The van der Waals surface area contributed by atoms with Crippen molar-refractivity contribution in [2.24, 2.45) is 0 Å². The summed E-state index contributed by atoms with van der Waals surface area (Å²) >= 11 is 2.03. The Bertz CT molecular complexity index is 257. The highest BCUT2D eigenvalue weighted by Crippen LogP contribution is 2.21. The summed E-state index contributed by atoms with van der Waals surface area (Å²) in [5, 5.41) is 4.21. The fourth-order valence-corrected chi connectivity index (χ4v) is 2.80. The van der Waals surface area contributed by atoms with Gasteiger partial charge in [0.25, 0.3) is 0 Å². The number of rotatable bonds is 3. The molecule has 1 atom stereocenters. The van der Waals surface area contributed by atoms with Crippen LogP contribution in [0.5, 0.6) is 0 Å². The Morgan fingerprint density at radius 3 is 3.21 bits per heavy atom. The van der Waals surface area contributed by atoms with Crippen LogP contribution in [0.25, 0.3) is 0 Å². The zero-order valence-corrected chi connectivity index (χ0v) is 9.09. The minimum Gasteiger partial charge on any atom is -0.316 e. The predicted octanol–water partition coefficient (Wildman–Crippen LogP) is 2.07. The van der Waals surface area contributed by atoms with Crippen molar-refractivity contribution >= 4 is 11.8 Å². The molecule has 0 radical (unpaired) electrons. The van der Waals surface area contributed by atoms with Crippen molar-refractivity contribution in [2.75, 3.05) is 13.1 Å². The first-order chi connectivity index (χ1) is 6.95. The highest BCUT2D eigenvalue weighted by Gasteiger charge is 2.12. The van der Waals surface area contributed by atoms with Crippen LogP contribution < -0.4 is 5.32 Å². The molecule has 1 aliphatic heterocycles. The van der Waals surface area contributed by atoms with E-state index in [0.717, 1.165) is 17.5 Å². The zero-order valence-electron chi connectivity index (χ0n) is 8.28. The van der Waals surface area contributed by atoms with E-state index in [1.54, 1.807) is 0 Å². The summed E-state index contributed by atoms with van der Waals surface area (Å²) in [5.74, 6) is 1.05. The van der Waals surface area contributed by atoms with Gasteiger partial charge in [0.2, 0.25) is 0 Å². The Kier molecular flexibility index (Phi) is 3.83. The Labute approximate surface area is 89.5 Å². The van der Waals surface area contributed by atoms with E-state index in [1.165, 1.54) is 25.1 Å². The quantitative estimate of drug-likeness (QED) is 0.823. The zero-order chi connectivity index (χ0) is 9.64. The van der Waals surface area contributed by atoms with Crippen LogP contribution in [0.4, 0.5) is 0 Å². The molecule has 1 aromatic heterocycles. The Morgan fingerprint density at radius 2 is 2.50 bits per heavy atom. The lowest BCUT2D eigenvalue weighted by Crippen LogP contribution is -2.31. The number of hydrogen-bond donors (Lipinski definition) is 1. The number of nitrogens with one attached hydrogen (secondary N) is 1. The largest absolute Gasteiger partial charge is 0.316 e. The molecule has 3 heteroatoms. The standard InChI is InChI=1S/C11H16N2S/c1-2-7-13-10(4-1)9-14-11-5-3-6-12-8-11/h1-2,4,7,11-12H,3,5-6,8-9H2/t11-/m0/s1. The first-order valence-electron chi connectivity index (χ1n) is 5.17. The lowest BCUT2D eigenvalue weighted by atomic mass is 10.2. The van der Waals surface area contributed by atoms with Crippen molar-refractivity contribution in [1.29, 1.82) is 0 Å². The number of nitrogens with zero attached hydrogens (tertiary/aromatic N) is 1. The molecule has 0 bridgehead atoms. The molecule has 2 rings (SSSR count). The lowest BCUT2D eigenvalue weighted by Gasteiger charge is -2.21. The number of thioether (sulfide) groups is 1. The molecule has 1 fully saturated rings. The van der Waals surface area contributed by atoms with Gasteiger partial charge in [-0.2, -0.15) is 11.8 Å². The van der Waals surface area contributed by atoms with E-state index < -0.39 is 0 Å². The number of hydrogen-bond acceptors (Lipinski definition) is 3. The van der Waals surface area contributed by atoms with Gasteiger partial charge >= 0.3 is 0 Å². The van der Waals surface area contributed by atoms with Gasteiger partial charge in [-0.25, -0.2) is 0 Å². The third-order valence-corrected chi connectivity index (χ3v) is 3.78. The Balaban J connectivity index is 1.76. The van der Waals surface area contributed by atoms with Gasteiger partial charge in [0, 0.05) is 23.7 Å². The molecular formula is C11H16N2S. The third kappa shape index (κ3) is 3.00. The van der Waals surface area contributed by atoms with E-state index in [-0.39, 0.29) is 0 Å². The second kappa shape index (κ2) is 5.37. The maximum absolute atomic E-state index is 4.32. The van der Waals surface area contributed by atoms with Crippen LogP contribution in [0.3, 0.4) is 0 Å². The summed E-state index contributed by atoms with van der Waals surface area (Å²) in [6, 6.07) is 6.13. The fourth-order valence-electron chi connectivity index (χ4n) is 1.65. The molecule has 1 saturated heterocycles. The SMILES string of the molecule is c1ccc(CS[C@H]2CCCNC2)nc1. The Hall–Kier alpha value is -0.540. The smallest absolute Gasteiger partial charge is 0.0502 e. The second-order valence-corrected chi connectivity index (χ2v) is 4.89. The van der Waals surface area contributed by atoms with Gasteiger partial charge in [-0.05, 0) is 31.5 Å². The van der Waals surface area contributed by atoms with Crippen LogP contribution in [0.15, 0.2) is 24.4 Å². The van der Waals surface area contributed by atoms with E-state index >= 15 is 0 Å². The molecule has 1 aliphatic rings. The third-order valence-electron chi connectivity index (χ3n) is 2.44. The van der Waals surface area contributed by atoms with Crippen molar-refractivity contribution in [3.63, 3.8) is 0 Å². The molecular weight excluding hydrogens is 192 g/mol. The molecule has 0 aromatic carbocycles. The molecule has 1 N–H and O–H groups in total. The normalized spacial score (nSPS) is 22.1. The first-order valence-corrected chi connectivity index (χ1v) is 6.22. The van der Waals surface area contributed by atoms with Crippen LogP contribution >= 0.6 is 11.8 Å². The van der Waals surface area contributed by atoms with Crippen LogP contribution in [0.2, 0.25) is 0 Å². The molecule has 2 heterocycles. The lowest BCUT2D eigenvalue weighted by molar-refractivity contribution is 0.531. The topological polar surface area (TPSA) is 24.9 Å². The van der Waals surface area contributed by atoms with E-state index in [9.17, 15) is 0 Å². The maximum atomic E-state index is 4.32. The molecule has 1 aromatic rings. The molecule has 2 nitrogen and oxygen atoms in total. The number of piperidine rings is 1. The van der Waals surface area contributed by atoms with E-state index in [2.05, 4.69) is 22.4 Å². The van der Waals surface area contributed by atoms with Crippen molar-refractivity contribution in [1.82, 2.24) is 10.3 Å². The summed E-state index contributed by atoms with van der Waals surface area (Å²) < 4.78 is 0. The highest BCUT2D eigenvalue weighted by atomic mass is 32.2. The molecule has 0 spiro atoms. The van der Waals surface area contributed by atoms with Crippen LogP contribution in [0.1, 0.15) is 18.5 Å². The average molecular weight is 208 g/mol. The number of aromatic nitrogens is 1. The summed E-state index contributed by atoms with van der Waals surface area (Å²) in [6.07, 6.45) is 4.54. The van der Waals surface area contributed by atoms with Crippen molar-refractivity contribution in [3.05, 3.63) is 30.1 Å². The van der Waals surface area contributed by atoms with Gasteiger partial charge in [0.1, 0.15) is 0 Å². The van der Waals surface area contributed by atoms with Gasteiger partial charge in [-0.3, -0.25) is 4.98 Å². The fraction of sp³-hybridized carbons (Fsp3) is 0.545. The van der Waals surface area contributed by atoms with Gasteiger partial charge < -0.3 is 5.32 Å². The van der Waals surface area contributed by atoms with Crippen molar-refractivity contribution < 1.29 is 0 Å². The van der Waals surface area contributed by atoms with Crippen LogP contribution in [-0.2, 0) is 5.75 Å². The highest BCUT2D eigenvalue weighted by molar-refractivity contribution is 7.99. The van der Waals surface area contributed by atoms with Crippen molar-refractivity contribution in [2.45, 2.75) is 23.8 Å². The first kappa shape index (κ1) is 9.99. The predicted molar refractivity (Wildman–Crippen MR) is 61.4 cm³/mol. The van der Waals surface area contributed by atoms with Gasteiger partial charge in [0.05, 0.1) is 5.69 Å². The molecule has 0 amide bonds. The van der Waals surface area contributed by atoms with Crippen molar-refractivity contribution in [3.8, 4) is 0 Å². The van der Waals surface area contributed by atoms with Gasteiger partial charge in [-0.1, -0.05) is 6.07 Å².